The van der Waals surface area contributed by atoms with Crippen LogP contribution in [-0.4, -0.2) is 21.0 Å². The molecule has 0 saturated heterocycles. The SMILES string of the molecule is O=C(O)c1c(NCc2cccnc2)[nH]c2ccccc12. The molecule has 0 fully saturated rings. The zero-order valence-corrected chi connectivity index (χ0v) is 10.6. The Bertz CT molecular complexity index is 750. The maximum atomic E-state index is 11.4. The van der Waals surface area contributed by atoms with E-state index in [1.807, 2.05) is 30.3 Å². The molecule has 5 heteroatoms. The summed E-state index contributed by atoms with van der Waals surface area (Å²) in [6.07, 6.45) is 3.45. The minimum atomic E-state index is -0.948. The van der Waals surface area contributed by atoms with Crippen LogP contribution in [0.15, 0.2) is 48.8 Å². The van der Waals surface area contributed by atoms with E-state index >= 15 is 0 Å². The van der Waals surface area contributed by atoms with E-state index in [1.165, 1.54) is 0 Å². The fourth-order valence-electron chi connectivity index (χ4n) is 2.19. The highest BCUT2D eigenvalue weighted by Crippen LogP contribution is 2.26. The van der Waals surface area contributed by atoms with E-state index in [0.717, 1.165) is 11.1 Å². The molecule has 0 atom stereocenters. The molecule has 0 aliphatic heterocycles. The quantitative estimate of drug-likeness (QED) is 0.679. The van der Waals surface area contributed by atoms with Crippen LogP contribution in [0.1, 0.15) is 15.9 Å². The number of carboxylic acid groups (broad SMARTS) is 1. The first kappa shape index (κ1) is 12.2. The van der Waals surface area contributed by atoms with Crippen LogP contribution in [0.5, 0.6) is 0 Å². The summed E-state index contributed by atoms with van der Waals surface area (Å²) in [6, 6.07) is 11.1. The normalized spacial score (nSPS) is 10.6. The number of para-hydroxylation sites is 1. The van der Waals surface area contributed by atoms with Crippen LogP contribution in [0.25, 0.3) is 10.9 Å². The number of nitrogens with zero attached hydrogens (tertiary/aromatic N) is 1. The van der Waals surface area contributed by atoms with E-state index in [1.54, 1.807) is 18.5 Å². The van der Waals surface area contributed by atoms with Crippen molar-refractivity contribution in [3.8, 4) is 0 Å². The molecule has 0 amide bonds. The number of aromatic amines is 1. The Kier molecular flexibility index (Phi) is 3.09. The fraction of sp³-hybridized carbons (Fsp3) is 0.0667. The average molecular weight is 267 g/mol. The second kappa shape index (κ2) is 5.05. The van der Waals surface area contributed by atoms with Crippen LogP contribution < -0.4 is 5.32 Å². The molecular formula is C15H13N3O2. The molecular weight excluding hydrogens is 254 g/mol. The predicted molar refractivity (Wildman–Crippen MR) is 76.8 cm³/mol. The van der Waals surface area contributed by atoms with Crippen LogP contribution in [-0.2, 0) is 6.54 Å². The number of carbonyl (C=O) groups is 1. The molecule has 5 nitrogen and oxygen atoms in total. The van der Waals surface area contributed by atoms with Gasteiger partial charge in [-0.25, -0.2) is 4.79 Å². The number of aromatic carboxylic acids is 1. The van der Waals surface area contributed by atoms with Crippen molar-refractivity contribution in [3.05, 3.63) is 59.9 Å². The molecule has 0 unspecified atom stereocenters. The maximum absolute atomic E-state index is 11.4. The number of H-pyrrole nitrogens is 1. The van der Waals surface area contributed by atoms with E-state index in [-0.39, 0.29) is 5.56 Å². The molecule has 20 heavy (non-hydrogen) atoms. The van der Waals surface area contributed by atoms with Crippen molar-refractivity contribution in [3.63, 3.8) is 0 Å². The van der Waals surface area contributed by atoms with Crippen LogP contribution in [0, 0.1) is 0 Å². The van der Waals surface area contributed by atoms with Crippen molar-refractivity contribution < 1.29 is 9.90 Å². The molecule has 2 aromatic heterocycles. The summed E-state index contributed by atoms with van der Waals surface area (Å²) >= 11 is 0. The predicted octanol–water partition coefficient (Wildman–Crippen LogP) is 2.87. The summed E-state index contributed by atoms with van der Waals surface area (Å²) in [6.45, 7) is 0.515. The number of fused-ring (bicyclic) bond motifs is 1. The van der Waals surface area contributed by atoms with E-state index < -0.39 is 5.97 Å². The molecule has 3 aromatic rings. The molecule has 0 aliphatic rings. The third-order valence-electron chi connectivity index (χ3n) is 3.11. The fourth-order valence-corrected chi connectivity index (χ4v) is 2.19. The molecule has 100 valence electrons. The third kappa shape index (κ3) is 2.21. The van der Waals surface area contributed by atoms with E-state index in [2.05, 4.69) is 15.3 Å². The summed E-state index contributed by atoms with van der Waals surface area (Å²) in [5.41, 5.74) is 2.06. The van der Waals surface area contributed by atoms with Crippen molar-refractivity contribution in [2.24, 2.45) is 0 Å². The van der Waals surface area contributed by atoms with Gasteiger partial charge in [0.25, 0.3) is 0 Å². The van der Waals surface area contributed by atoms with Gasteiger partial charge in [0, 0.05) is 29.8 Å². The van der Waals surface area contributed by atoms with Gasteiger partial charge in [0.15, 0.2) is 0 Å². The first-order chi connectivity index (χ1) is 9.75. The Morgan fingerprint density at radius 3 is 2.85 bits per heavy atom. The number of hydrogen-bond acceptors (Lipinski definition) is 3. The van der Waals surface area contributed by atoms with Gasteiger partial charge < -0.3 is 15.4 Å². The molecule has 3 rings (SSSR count). The van der Waals surface area contributed by atoms with E-state index in [4.69, 9.17) is 0 Å². The Morgan fingerprint density at radius 1 is 1.25 bits per heavy atom. The highest BCUT2D eigenvalue weighted by atomic mass is 16.4. The molecule has 0 bridgehead atoms. The topological polar surface area (TPSA) is 78.0 Å². The lowest BCUT2D eigenvalue weighted by atomic mass is 10.1. The zero-order chi connectivity index (χ0) is 13.9. The average Bonchev–Trinajstić information content (AvgIpc) is 2.84. The van der Waals surface area contributed by atoms with Crippen molar-refractivity contribution in [2.45, 2.75) is 6.54 Å². The molecule has 0 saturated carbocycles. The molecule has 0 radical (unpaired) electrons. The summed E-state index contributed by atoms with van der Waals surface area (Å²) in [4.78, 5) is 18.6. The highest BCUT2D eigenvalue weighted by molar-refractivity contribution is 6.08. The van der Waals surface area contributed by atoms with Crippen molar-refractivity contribution in [1.29, 1.82) is 0 Å². The highest BCUT2D eigenvalue weighted by Gasteiger charge is 2.17. The lowest BCUT2D eigenvalue weighted by Gasteiger charge is -2.05. The molecule has 3 N–H and O–H groups in total. The summed E-state index contributed by atoms with van der Waals surface area (Å²) in [7, 11) is 0. The minimum absolute atomic E-state index is 0.268. The second-order valence-electron chi connectivity index (χ2n) is 4.44. The third-order valence-corrected chi connectivity index (χ3v) is 3.11. The minimum Gasteiger partial charge on any atom is -0.478 e. The summed E-state index contributed by atoms with van der Waals surface area (Å²) in [5, 5.41) is 13.2. The summed E-state index contributed by atoms with van der Waals surface area (Å²) in [5.74, 6) is -0.432. The summed E-state index contributed by atoms with van der Waals surface area (Å²) < 4.78 is 0. The number of rotatable bonds is 4. The first-order valence-electron chi connectivity index (χ1n) is 6.22. The Labute approximate surface area is 115 Å². The lowest BCUT2D eigenvalue weighted by molar-refractivity contribution is 0.0700. The van der Waals surface area contributed by atoms with E-state index in [9.17, 15) is 9.90 Å². The van der Waals surface area contributed by atoms with Gasteiger partial charge in [-0.05, 0) is 17.7 Å². The van der Waals surface area contributed by atoms with Gasteiger partial charge in [0.05, 0.1) is 0 Å². The van der Waals surface area contributed by atoms with Crippen LogP contribution >= 0.6 is 0 Å². The van der Waals surface area contributed by atoms with Gasteiger partial charge in [-0.1, -0.05) is 24.3 Å². The number of aromatic nitrogens is 2. The molecule has 0 aliphatic carbocycles. The monoisotopic (exact) mass is 267 g/mol. The van der Waals surface area contributed by atoms with Crippen molar-refractivity contribution >= 4 is 22.7 Å². The largest absolute Gasteiger partial charge is 0.478 e. The van der Waals surface area contributed by atoms with Crippen LogP contribution in [0.4, 0.5) is 5.82 Å². The number of carboxylic acids is 1. The molecule has 1 aromatic carbocycles. The van der Waals surface area contributed by atoms with Gasteiger partial charge in [0.1, 0.15) is 11.4 Å². The van der Waals surface area contributed by atoms with Crippen molar-refractivity contribution in [1.82, 2.24) is 9.97 Å². The van der Waals surface area contributed by atoms with Crippen LogP contribution in [0.2, 0.25) is 0 Å². The van der Waals surface area contributed by atoms with Gasteiger partial charge in [0.2, 0.25) is 0 Å². The smallest absolute Gasteiger partial charge is 0.340 e. The standard InChI is InChI=1S/C15H13N3O2/c19-15(20)13-11-5-1-2-6-12(11)18-14(13)17-9-10-4-3-7-16-8-10/h1-8,17-18H,9H2,(H,19,20). The molecule has 2 heterocycles. The van der Waals surface area contributed by atoms with Gasteiger partial charge >= 0.3 is 5.97 Å². The van der Waals surface area contributed by atoms with Gasteiger partial charge in [-0.3, -0.25) is 4.98 Å². The number of anilines is 1. The number of benzene rings is 1. The zero-order valence-electron chi connectivity index (χ0n) is 10.6. The Hall–Kier alpha value is -2.82. The number of pyridine rings is 1. The first-order valence-corrected chi connectivity index (χ1v) is 6.22. The Morgan fingerprint density at radius 2 is 2.10 bits per heavy atom. The second-order valence-corrected chi connectivity index (χ2v) is 4.44. The number of hydrogen-bond donors (Lipinski definition) is 3. The lowest BCUT2D eigenvalue weighted by Crippen LogP contribution is -2.05. The Balaban J connectivity index is 1.95. The van der Waals surface area contributed by atoms with Crippen molar-refractivity contribution in [2.75, 3.05) is 5.32 Å². The number of nitrogens with one attached hydrogen (secondary N) is 2. The van der Waals surface area contributed by atoms with Gasteiger partial charge in [-0.15, -0.1) is 0 Å². The maximum Gasteiger partial charge on any atom is 0.340 e. The van der Waals surface area contributed by atoms with Crippen LogP contribution in [0.3, 0.4) is 0 Å². The molecule has 0 spiro atoms. The van der Waals surface area contributed by atoms with E-state index in [0.29, 0.717) is 17.7 Å². The van der Waals surface area contributed by atoms with Gasteiger partial charge in [-0.2, -0.15) is 0 Å².